The summed E-state index contributed by atoms with van der Waals surface area (Å²) >= 11 is 0. The van der Waals surface area contributed by atoms with Gasteiger partial charge in [0.1, 0.15) is 0 Å². The van der Waals surface area contributed by atoms with Crippen LogP contribution in [0, 0.1) is 5.92 Å². The molecule has 9 heteroatoms. The summed E-state index contributed by atoms with van der Waals surface area (Å²) < 4.78 is 40.0. The monoisotopic (exact) mass is 394 g/mol. The Kier molecular flexibility index (Phi) is 5.71. The number of carbonyl (C=O) groups excluding carboxylic acids is 2. The number of hydrogen-bond donors (Lipinski definition) is 1. The Labute approximate surface area is 160 Å². The zero-order valence-corrected chi connectivity index (χ0v) is 15.4. The second-order valence-corrected chi connectivity index (χ2v) is 6.82. The minimum atomic E-state index is -4.57. The Bertz CT molecular complexity index is 841. The van der Waals surface area contributed by atoms with E-state index in [9.17, 15) is 22.8 Å². The molecule has 1 N–H and O–H groups in total. The van der Waals surface area contributed by atoms with E-state index in [-0.39, 0.29) is 29.8 Å². The van der Waals surface area contributed by atoms with Gasteiger partial charge in [-0.2, -0.15) is 18.3 Å². The van der Waals surface area contributed by atoms with E-state index in [0.717, 1.165) is 4.68 Å². The molecule has 1 saturated heterocycles. The largest absolute Gasteiger partial charge is 0.435 e. The molecule has 28 heavy (non-hydrogen) atoms. The number of likely N-dealkylation sites (tertiary alicyclic amines) is 1. The second kappa shape index (κ2) is 8.04. The lowest BCUT2D eigenvalue weighted by molar-refractivity contribution is -0.142. The van der Waals surface area contributed by atoms with Gasteiger partial charge in [-0.25, -0.2) is 0 Å². The molecule has 150 valence electrons. The zero-order chi connectivity index (χ0) is 20.3. The molecule has 0 unspecified atom stereocenters. The third-order valence-electron chi connectivity index (χ3n) is 4.80. The summed E-state index contributed by atoms with van der Waals surface area (Å²) in [6.07, 6.45) is -2.36. The maximum Gasteiger partial charge on any atom is 0.435 e. The first-order valence-electron chi connectivity index (χ1n) is 8.97. The van der Waals surface area contributed by atoms with E-state index in [1.807, 2.05) is 6.07 Å². The fraction of sp³-hybridized carbons (Fsp3) is 0.421. The molecule has 0 atom stereocenters. The number of nitrogens with one attached hydrogen (secondary N) is 1. The highest BCUT2D eigenvalue weighted by molar-refractivity contribution is 5.94. The van der Waals surface area contributed by atoms with Crippen molar-refractivity contribution in [2.24, 2.45) is 13.0 Å². The Hall–Kier alpha value is -2.84. The predicted octanol–water partition coefficient (Wildman–Crippen LogP) is 2.61. The fourth-order valence-corrected chi connectivity index (χ4v) is 3.34. The molecule has 0 saturated carbocycles. The van der Waals surface area contributed by atoms with Crippen LogP contribution in [0.5, 0.6) is 0 Å². The van der Waals surface area contributed by atoms with Crippen LogP contribution >= 0.6 is 0 Å². The highest BCUT2D eigenvalue weighted by Crippen LogP contribution is 2.30. The standard InChI is InChI=1S/C19H21F3N4O2/c1-25-12-15(16(24-25)19(20,21)22)11-23-17(27)13-7-9-26(10-8-13)18(28)14-5-3-2-4-6-14/h2-6,12-13H,7-11H2,1H3,(H,23,27). The van der Waals surface area contributed by atoms with Crippen molar-refractivity contribution in [2.75, 3.05) is 13.1 Å². The Morgan fingerprint density at radius 2 is 1.82 bits per heavy atom. The normalized spacial score (nSPS) is 15.5. The number of hydrogen-bond acceptors (Lipinski definition) is 3. The van der Waals surface area contributed by atoms with Crippen molar-refractivity contribution < 1.29 is 22.8 Å². The van der Waals surface area contributed by atoms with Crippen molar-refractivity contribution in [3.05, 3.63) is 53.3 Å². The lowest BCUT2D eigenvalue weighted by Gasteiger charge is -2.31. The highest BCUT2D eigenvalue weighted by atomic mass is 19.4. The van der Waals surface area contributed by atoms with Crippen molar-refractivity contribution >= 4 is 11.8 Å². The van der Waals surface area contributed by atoms with Gasteiger partial charge in [-0.05, 0) is 25.0 Å². The predicted molar refractivity (Wildman–Crippen MR) is 95.1 cm³/mol. The number of carbonyl (C=O) groups is 2. The zero-order valence-electron chi connectivity index (χ0n) is 15.4. The van der Waals surface area contributed by atoms with Crippen LogP contribution < -0.4 is 5.32 Å². The molecule has 6 nitrogen and oxygen atoms in total. The maximum atomic E-state index is 13.0. The number of rotatable bonds is 4. The highest BCUT2D eigenvalue weighted by Gasteiger charge is 2.37. The summed E-state index contributed by atoms with van der Waals surface area (Å²) in [5.74, 6) is -0.709. The maximum absolute atomic E-state index is 13.0. The summed E-state index contributed by atoms with van der Waals surface area (Å²) in [6, 6.07) is 8.91. The van der Waals surface area contributed by atoms with Crippen LogP contribution in [0.1, 0.15) is 34.5 Å². The quantitative estimate of drug-likeness (QED) is 0.867. The number of nitrogens with zero attached hydrogens (tertiary/aromatic N) is 3. The van der Waals surface area contributed by atoms with Gasteiger partial charge in [0, 0.05) is 49.9 Å². The van der Waals surface area contributed by atoms with E-state index < -0.39 is 11.9 Å². The third-order valence-corrected chi connectivity index (χ3v) is 4.80. The lowest BCUT2D eigenvalue weighted by atomic mass is 9.95. The molecule has 1 fully saturated rings. The summed E-state index contributed by atoms with van der Waals surface area (Å²) in [5, 5.41) is 6.00. The van der Waals surface area contributed by atoms with E-state index >= 15 is 0 Å². The van der Waals surface area contributed by atoms with Crippen LogP contribution in [0.2, 0.25) is 0 Å². The first-order chi connectivity index (χ1) is 13.3. The van der Waals surface area contributed by atoms with E-state index in [1.165, 1.54) is 13.2 Å². The fourth-order valence-electron chi connectivity index (χ4n) is 3.34. The van der Waals surface area contributed by atoms with Crippen LogP contribution in [0.3, 0.4) is 0 Å². The van der Waals surface area contributed by atoms with Crippen molar-refractivity contribution in [1.29, 1.82) is 0 Å². The topological polar surface area (TPSA) is 67.2 Å². The molecule has 0 spiro atoms. The van der Waals surface area contributed by atoms with Crippen molar-refractivity contribution in [3.8, 4) is 0 Å². The molecular weight excluding hydrogens is 373 g/mol. The second-order valence-electron chi connectivity index (χ2n) is 6.82. The molecule has 0 radical (unpaired) electrons. The van der Waals surface area contributed by atoms with Gasteiger partial charge in [-0.15, -0.1) is 0 Å². The molecule has 1 aromatic heterocycles. The van der Waals surface area contributed by atoms with Gasteiger partial charge in [0.2, 0.25) is 5.91 Å². The van der Waals surface area contributed by atoms with E-state index in [1.54, 1.807) is 29.2 Å². The van der Waals surface area contributed by atoms with E-state index in [0.29, 0.717) is 31.5 Å². The molecule has 2 amide bonds. The van der Waals surface area contributed by atoms with Crippen LogP contribution in [0.4, 0.5) is 13.2 Å². The number of halogens is 3. The van der Waals surface area contributed by atoms with Gasteiger partial charge in [-0.1, -0.05) is 18.2 Å². The van der Waals surface area contributed by atoms with Crippen LogP contribution in [-0.2, 0) is 24.6 Å². The number of piperidine rings is 1. The smallest absolute Gasteiger partial charge is 0.352 e. The van der Waals surface area contributed by atoms with Gasteiger partial charge in [0.25, 0.3) is 5.91 Å². The van der Waals surface area contributed by atoms with Gasteiger partial charge in [0.05, 0.1) is 0 Å². The number of aryl methyl sites for hydroxylation is 1. The molecule has 0 aliphatic carbocycles. The molecular formula is C19H21F3N4O2. The first-order valence-corrected chi connectivity index (χ1v) is 8.97. The minimum absolute atomic E-state index is 0.0694. The molecule has 1 aliphatic rings. The molecule has 0 bridgehead atoms. The summed E-state index contributed by atoms with van der Waals surface area (Å²) in [5.41, 5.74) is -0.458. The third kappa shape index (κ3) is 4.52. The van der Waals surface area contributed by atoms with Crippen molar-refractivity contribution in [3.63, 3.8) is 0 Å². The first kappa shape index (κ1) is 19.9. The number of benzene rings is 1. The Morgan fingerprint density at radius 1 is 1.18 bits per heavy atom. The van der Waals surface area contributed by atoms with Crippen LogP contribution in [0.15, 0.2) is 36.5 Å². The molecule has 1 aliphatic heterocycles. The number of amides is 2. The van der Waals surface area contributed by atoms with Gasteiger partial charge in [-0.3, -0.25) is 14.3 Å². The van der Waals surface area contributed by atoms with Crippen molar-refractivity contribution in [2.45, 2.75) is 25.6 Å². The van der Waals surface area contributed by atoms with Gasteiger partial charge < -0.3 is 10.2 Å². The number of alkyl halides is 3. The van der Waals surface area contributed by atoms with Crippen LogP contribution in [0.25, 0.3) is 0 Å². The average molecular weight is 394 g/mol. The van der Waals surface area contributed by atoms with Gasteiger partial charge >= 0.3 is 6.18 Å². The van der Waals surface area contributed by atoms with Gasteiger partial charge in [0.15, 0.2) is 5.69 Å². The molecule has 1 aromatic carbocycles. The molecule has 2 aromatic rings. The SMILES string of the molecule is Cn1cc(CNC(=O)C2CCN(C(=O)c3ccccc3)CC2)c(C(F)(F)F)n1. The summed E-state index contributed by atoms with van der Waals surface area (Å²) in [7, 11) is 1.40. The average Bonchev–Trinajstić information content (AvgIpc) is 3.07. The molecule has 2 heterocycles. The van der Waals surface area contributed by atoms with Crippen molar-refractivity contribution in [1.82, 2.24) is 20.0 Å². The number of aromatic nitrogens is 2. The van der Waals surface area contributed by atoms with Crippen LogP contribution in [-0.4, -0.2) is 39.6 Å². The minimum Gasteiger partial charge on any atom is -0.352 e. The lowest BCUT2D eigenvalue weighted by Crippen LogP contribution is -2.43. The molecule has 3 rings (SSSR count). The summed E-state index contributed by atoms with van der Waals surface area (Å²) in [6.45, 7) is 0.643. The summed E-state index contributed by atoms with van der Waals surface area (Å²) in [4.78, 5) is 26.5. The van der Waals surface area contributed by atoms with E-state index in [4.69, 9.17) is 0 Å². The van der Waals surface area contributed by atoms with E-state index in [2.05, 4.69) is 10.4 Å². The Morgan fingerprint density at radius 3 is 2.43 bits per heavy atom. The Balaban J connectivity index is 1.53.